The van der Waals surface area contributed by atoms with Gasteiger partial charge in [0.15, 0.2) is 5.65 Å². The van der Waals surface area contributed by atoms with Gasteiger partial charge in [-0.25, -0.2) is 4.98 Å². The average molecular weight is 336 g/mol. The van der Waals surface area contributed by atoms with Gasteiger partial charge >= 0.3 is 0 Å². The largest absolute Gasteiger partial charge is 0.377 e. The molecule has 1 saturated heterocycles. The van der Waals surface area contributed by atoms with E-state index < -0.39 is 0 Å². The van der Waals surface area contributed by atoms with Crippen LogP contribution in [0.2, 0.25) is 0 Å². The van der Waals surface area contributed by atoms with E-state index in [2.05, 4.69) is 71.3 Å². The number of piperazine rings is 1. The van der Waals surface area contributed by atoms with Crippen molar-refractivity contribution in [3.8, 4) is 11.3 Å². The van der Waals surface area contributed by atoms with Crippen LogP contribution in [0, 0.1) is 0 Å². The highest BCUT2D eigenvalue weighted by atomic mass is 15.4. The summed E-state index contributed by atoms with van der Waals surface area (Å²) in [5.41, 5.74) is 4.20. The number of fused-ring (bicyclic) bond motifs is 1. The number of hydrogen-bond donors (Lipinski definition) is 0. The van der Waals surface area contributed by atoms with Gasteiger partial charge in [0, 0.05) is 63.7 Å². The molecule has 1 fully saturated rings. The monoisotopic (exact) mass is 336 g/mol. The van der Waals surface area contributed by atoms with E-state index in [1.165, 1.54) is 5.69 Å². The molecule has 0 saturated carbocycles. The van der Waals surface area contributed by atoms with Crippen LogP contribution in [-0.2, 0) is 0 Å². The van der Waals surface area contributed by atoms with Gasteiger partial charge in [0.25, 0.3) is 0 Å². The second-order valence-corrected chi connectivity index (χ2v) is 6.80. The molecule has 1 aromatic carbocycles. The fraction of sp³-hybridized carbons (Fsp3) is 0.368. The Kier molecular flexibility index (Phi) is 4.05. The van der Waals surface area contributed by atoms with E-state index in [1.807, 2.05) is 16.8 Å². The first-order chi connectivity index (χ1) is 12.1. The Morgan fingerprint density at radius 2 is 1.76 bits per heavy atom. The Bertz CT molecular complexity index is 877. The Hall–Kier alpha value is -2.60. The van der Waals surface area contributed by atoms with Gasteiger partial charge in [0.05, 0.1) is 11.9 Å². The number of nitrogens with zero attached hydrogens (tertiary/aromatic N) is 6. The maximum Gasteiger partial charge on any atom is 0.157 e. The zero-order valence-electron chi connectivity index (χ0n) is 15.1. The quantitative estimate of drug-likeness (QED) is 0.733. The van der Waals surface area contributed by atoms with Crippen LogP contribution in [0.3, 0.4) is 0 Å². The summed E-state index contributed by atoms with van der Waals surface area (Å²) in [7, 11) is 6.31. The molecular weight excluding hydrogens is 312 g/mol. The zero-order valence-corrected chi connectivity index (χ0v) is 15.1. The van der Waals surface area contributed by atoms with Crippen molar-refractivity contribution in [3.05, 3.63) is 42.6 Å². The standard InChI is InChI=1S/C19H24N6/c1-22(2)17-7-5-4-6-15(17)16-14-19(24-12-10-23(3)11-13-24)25-18(21-16)8-9-20-25/h4-9,14H,10-13H2,1-3H3. The SMILES string of the molecule is CN1CCN(c2cc(-c3ccccc3N(C)C)nc3ccnn23)CC1. The van der Waals surface area contributed by atoms with Crippen LogP contribution < -0.4 is 9.80 Å². The van der Waals surface area contributed by atoms with Crippen LogP contribution in [0.4, 0.5) is 11.5 Å². The molecule has 0 atom stereocenters. The summed E-state index contributed by atoms with van der Waals surface area (Å²) < 4.78 is 1.95. The lowest BCUT2D eigenvalue weighted by atomic mass is 10.1. The van der Waals surface area contributed by atoms with Crippen LogP contribution in [0.15, 0.2) is 42.6 Å². The Morgan fingerprint density at radius 1 is 1.00 bits per heavy atom. The van der Waals surface area contributed by atoms with Crippen LogP contribution in [0.5, 0.6) is 0 Å². The van der Waals surface area contributed by atoms with Crippen molar-refractivity contribution in [3.63, 3.8) is 0 Å². The minimum absolute atomic E-state index is 0.889. The van der Waals surface area contributed by atoms with Gasteiger partial charge in [0.2, 0.25) is 0 Å². The van der Waals surface area contributed by atoms with Crippen molar-refractivity contribution in [1.82, 2.24) is 19.5 Å². The molecule has 1 aliphatic heterocycles. The third-order valence-electron chi connectivity index (χ3n) is 4.83. The van der Waals surface area contributed by atoms with Crippen molar-refractivity contribution in [2.24, 2.45) is 0 Å². The highest BCUT2D eigenvalue weighted by Gasteiger charge is 2.19. The molecule has 2 aromatic heterocycles. The lowest BCUT2D eigenvalue weighted by molar-refractivity contribution is 0.311. The lowest BCUT2D eigenvalue weighted by Crippen LogP contribution is -2.45. The zero-order chi connectivity index (χ0) is 17.4. The van der Waals surface area contributed by atoms with E-state index in [-0.39, 0.29) is 0 Å². The highest BCUT2D eigenvalue weighted by Crippen LogP contribution is 2.31. The summed E-state index contributed by atoms with van der Waals surface area (Å²) in [5.74, 6) is 1.12. The number of anilines is 2. The Labute approximate surface area is 148 Å². The number of aromatic nitrogens is 3. The summed E-state index contributed by atoms with van der Waals surface area (Å²) in [4.78, 5) is 11.8. The molecule has 0 amide bonds. The van der Waals surface area contributed by atoms with Crippen molar-refractivity contribution in [1.29, 1.82) is 0 Å². The fourth-order valence-electron chi connectivity index (χ4n) is 3.38. The van der Waals surface area contributed by atoms with Crippen LogP contribution in [-0.4, -0.2) is 66.8 Å². The molecule has 0 spiro atoms. The third kappa shape index (κ3) is 2.93. The number of para-hydroxylation sites is 1. The first-order valence-electron chi connectivity index (χ1n) is 8.68. The molecule has 6 nitrogen and oxygen atoms in total. The average Bonchev–Trinajstić information content (AvgIpc) is 3.10. The number of likely N-dealkylation sites (N-methyl/N-ethyl adjacent to an activating group) is 1. The molecule has 25 heavy (non-hydrogen) atoms. The minimum Gasteiger partial charge on any atom is -0.377 e. The summed E-state index contributed by atoms with van der Waals surface area (Å²) in [6, 6.07) is 12.6. The van der Waals surface area contributed by atoms with E-state index >= 15 is 0 Å². The molecule has 3 heterocycles. The molecule has 4 rings (SSSR count). The summed E-state index contributed by atoms with van der Waals surface area (Å²) in [5, 5.41) is 4.49. The molecule has 0 unspecified atom stereocenters. The number of hydrogen-bond acceptors (Lipinski definition) is 5. The first kappa shape index (κ1) is 15.9. The summed E-state index contributed by atoms with van der Waals surface area (Å²) in [6.45, 7) is 4.14. The molecule has 6 heteroatoms. The topological polar surface area (TPSA) is 39.9 Å². The lowest BCUT2D eigenvalue weighted by Gasteiger charge is -2.34. The Morgan fingerprint density at radius 3 is 2.52 bits per heavy atom. The van der Waals surface area contributed by atoms with Gasteiger partial charge in [0.1, 0.15) is 5.82 Å². The third-order valence-corrected chi connectivity index (χ3v) is 4.83. The molecule has 130 valence electrons. The maximum atomic E-state index is 4.86. The molecule has 0 N–H and O–H groups in total. The first-order valence-corrected chi connectivity index (χ1v) is 8.68. The predicted molar refractivity (Wildman–Crippen MR) is 102 cm³/mol. The van der Waals surface area contributed by atoms with Gasteiger partial charge in [-0.1, -0.05) is 18.2 Å². The summed E-state index contributed by atoms with van der Waals surface area (Å²) in [6.07, 6.45) is 1.82. The number of benzene rings is 1. The van der Waals surface area contributed by atoms with Crippen LogP contribution >= 0.6 is 0 Å². The minimum atomic E-state index is 0.889. The van der Waals surface area contributed by atoms with E-state index in [4.69, 9.17) is 4.98 Å². The van der Waals surface area contributed by atoms with Gasteiger partial charge in [-0.15, -0.1) is 0 Å². The van der Waals surface area contributed by atoms with E-state index in [9.17, 15) is 0 Å². The molecule has 3 aromatic rings. The van der Waals surface area contributed by atoms with E-state index in [0.717, 1.165) is 48.9 Å². The summed E-state index contributed by atoms with van der Waals surface area (Å²) >= 11 is 0. The van der Waals surface area contributed by atoms with E-state index in [0.29, 0.717) is 0 Å². The Balaban J connectivity index is 1.84. The predicted octanol–water partition coefficient (Wildman–Crippen LogP) is 2.21. The van der Waals surface area contributed by atoms with E-state index in [1.54, 1.807) is 0 Å². The van der Waals surface area contributed by atoms with Gasteiger partial charge in [-0.2, -0.15) is 9.61 Å². The molecular formula is C19H24N6. The molecule has 1 aliphatic rings. The molecule has 0 aliphatic carbocycles. The second-order valence-electron chi connectivity index (χ2n) is 6.80. The maximum absolute atomic E-state index is 4.86. The van der Waals surface area contributed by atoms with Crippen molar-refractivity contribution in [2.75, 3.05) is 57.1 Å². The number of rotatable bonds is 3. The second kappa shape index (κ2) is 6.37. The van der Waals surface area contributed by atoms with Crippen molar-refractivity contribution in [2.45, 2.75) is 0 Å². The van der Waals surface area contributed by atoms with Crippen molar-refractivity contribution >= 4 is 17.2 Å². The molecule has 0 bridgehead atoms. The van der Waals surface area contributed by atoms with Crippen LogP contribution in [0.1, 0.15) is 0 Å². The highest BCUT2D eigenvalue weighted by molar-refractivity contribution is 5.78. The van der Waals surface area contributed by atoms with Gasteiger partial charge in [-0.3, -0.25) is 0 Å². The fourth-order valence-corrected chi connectivity index (χ4v) is 3.38. The molecule has 0 radical (unpaired) electrons. The van der Waals surface area contributed by atoms with Crippen molar-refractivity contribution < 1.29 is 0 Å². The van der Waals surface area contributed by atoms with Gasteiger partial charge in [-0.05, 0) is 13.1 Å². The van der Waals surface area contributed by atoms with Crippen LogP contribution in [0.25, 0.3) is 16.9 Å². The smallest absolute Gasteiger partial charge is 0.157 e. The van der Waals surface area contributed by atoms with Gasteiger partial charge < -0.3 is 14.7 Å². The normalized spacial score (nSPS) is 15.7.